The standard InChI is InChI=1S/C22H24O4/c1-3-4-11-26-20(23)19-13-21(24)15-7-5-6-8-16(15)22(19,25)17-10-9-14(2)12-18(17)21/h5-10,12,19,24-25H,3-4,11,13H2,1-2H3. The van der Waals surface area contributed by atoms with Crippen molar-refractivity contribution in [2.45, 2.75) is 44.3 Å². The summed E-state index contributed by atoms with van der Waals surface area (Å²) in [6.45, 7) is 4.32. The highest BCUT2D eigenvalue weighted by molar-refractivity contribution is 5.79. The minimum absolute atomic E-state index is 0.127. The number of aliphatic hydroxyl groups is 2. The molecule has 0 saturated heterocycles. The van der Waals surface area contributed by atoms with Crippen LogP contribution in [-0.2, 0) is 20.7 Å². The predicted molar refractivity (Wildman–Crippen MR) is 97.6 cm³/mol. The van der Waals surface area contributed by atoms with Gasteiger partial charge in [-0.25, -0.2) is 0 Å². The Morgan fingerprint density at radius 2 is 1.81 bits per heavy atom. The van der Waals surface area contributed by atoms with Gasteiger partial charge in [-0.2, -0.15) is 0 Å². The number of ether oxygens (including phenoxy) is 1. The first kappa shape index (κ1) is 17.3. The van der Waals surface area contributed by atoms with Crippen molar-refractivity contribution >= 4 is 5.97 Å². The van der Waals surface area contributed by atoms with E-state index in [-0.39, 0.29) is 6.42 Å². The lowest BCUT2D eigenvalue weighted by Crippen LogP contribution is -2.57. The molecule has 0 aromatic heterocycles. The lowest BCUT2D eigenvalue weighted by Gasteiger charge is -2.53. The summed E-state index contributed by atoms with van der Waals surface area (Å²) in [5.74, 6) is -1.27. The number of esters is 1. The normalized spacial score (nSPS) is 28.4. The molecule has 0 spiro atoms. The van der Waals surface area contributed by atoms with Gasteiger partial charge in [0.05, 0.1) is 12.5 Å². The third kappa shape index (κ3) is 2.19. The minimum Gasteiger partial charge on any atom is -0.465 e. The molecule has 3 atom stereocenters. The fraction of sp³-hybridized carbons (Fsp3) is 0.409. The van der Waals surface area contributed by atoms with Crippen LogP contribution < -0.4 is 0 Å². The van der Waals surface area contributed by atoms with E-state index in [9.17, 15) is 15.0 Å². The van der Waals surface area contributed by atoms with E-state index in [1.165, 1.54) is 0 Å². The molecule has 5 rings (SSSR count). The molecule has 0 heterocycles. The maximum absolute atomic E-state index is 12.8. The Morgan fingerprint density at radius 1 is 1.12 bits per heavy atom. The molecule has 0 aliphatic heterocycles. The first-order chi connectivity index (χ1) is 12.4. The molecule has 26 heavy (non-hydrogen) atoms. The first-order valence-electron chi connectivity index (χ1n) is 9.26. The van der Waals surface area contributed by atoms with E-state index >= 15 is 0 Å². The van der Waals surface area contributed by atoms with Gasteiger partial charge >= 0.3 is 5.97 Å². The zero-order valence-electron chi connectivity index (χ0n) is 15.2. The molecular formula is C22H24O4. The van der Waals surface area contributed by atoms with Gasteiger partial charge in [-0.1, -0.05) is 61.4 Å². The maximum Gasteiger partial charge on any atom is 0.312 e. The maximum atomic E-state index is 12.8. The average molecular weight is 352 g/mol. The summed E-state index contributed by atoms with van der Waals surface area (Å²) < 4.78 is 5.43. The number of benzene rings is 2. The number of hydrogen-bond donors (Lipinski definition) is 2. The van der Waals surface area contributed by atoms with Crippen LogP contribution in [0.4, 0.5) is 0 Å². The van der Waals surface area contributed by atoms with E-state index in [0.717, 1.165) is 18.4 Å². The van der Waals surface area contributed by atoms with Crippen molar-refractivity contribution in [3.05, 3.63) is 70.3 Å². The van der Waals surface area contributed by atoms with E-state index in [2.05, 4.69) is 0 Å². The van der Waals surface area contributed by atoms with E-state index in [1.54, 1.807) is 6.07 Å². The molecule has 136 valence electrons. The highest BCUT2D eigenvalue weighted by Gasteiger charge is 2.62. The molecule has 3 aliphatic rings. The number of carbonyl (C=O) groups is 1. The highest BCUT2D eigenvalue weighted by Crippen LogP contribution is 2.59. The molecule has 2 bridgehead atoms. The van der Waals surface area contributed by atoms with E-state index in [4.69, 9.17) is 4.74 Å². The molecule has 0 radical (unpaired) electrons. The molecule has 4 heteroatoms. The van der Waals surface area contributed by atoms with Gasteiger partial charge in [0.2, 0.25) is 0 Å². The number of hydrogen-bond acceptors (Lipinski definition) is 4. The van der Waals surface area contributed by atoms with Crippen LogP contribution in [0.5, 0.6) is 0 Å². The molecular weight excluding hydrogens is 328 g/mol. The quantitative estimate of drug-likeness (QED) is 0.655. The number of unbranched alkanes of at least 4 members (excludes halogenated alkanes) is 1. The van der Waals surface area contributed by atoms with E-state index in [1.807, 2.05) is 50.2 Å². The van der Waals surface area contributed by atoms with Crippen molar-refractivity contribution in [3.8, 4) is 0 Å². The van der Waals surface area contributed by atoms with Crippen molar-refractivity contribution in [1.29, 1.82) is 0 Å². The molecule has 2 aromatic rings. The van der Waals surface area contributed by atoms with Gasteiger partial charge in [0.1, 0.15) is 11.2 Å². The average Bonchev–Trinajstić information content (AvgIpc) is 2.64. The zero-order valence-corrected chi connectivity index (χ0v) is 15.2. The second-order valence-corrected chi connectivity index (χ2v) is 7.50. The Balaban J connectivity index is 1.88. The summed E-state index contributed by atoms with van der Waals surface area (Å²) in [6, 6.07) is 13.0. The molecule has 0 saturated carbocycles. The third-order valence-electron chi connectivity index (χ3n) is 5.85. The van der Waals surface area contributed by atoms with Crippen LogP contribution in [0.3, 0.4) is 0 Å². The molecule has 3 unspecified atom stereocenters. The number of fused-ring (bicyclic) bond motifs is 1. The molecule has 0 fully saturated rings. The number of rotatable bonds is 4. The van der Waals surface area contributed by atoms with Crippen LogP contribution in [-0.4, -0.2) is 22.8 Å². The lowest BCUT2D eigenvalue weighted by atomic mass is 9.54. The summed E-state index contributed by atoms with van der Waals surface area (Å²) in [5, 5.41) is 23.4. The van der Waals surface area contributed by atoms with Gasteiger partial charge in [0.25, 0.3) is 0 Å². The molecule has 4 nitrogen and oxygen atoms in total. The van der Waals surface area contributed by atoms with Crippen LogP contribution in [0.25, 0.3) is 0 Å². The van der Waals surface area contributed by atoms with Crippen molar-refractivity contribution in [1.82, 2.24) is 0 Å². The van der Waals surface area contributed by atoms with Gasteiger partial charge in [-0.3, -0.25) is 4.79 Å². The smallest absolute Gasteiger partial charge is 0.312 e. The Bertz CT molecular complexity index is 874. The summed E-state index contributed by atoms with van der Waals surface area (Å²) in [5.41, 5.74) is 0.808. The SMILES string of the molecule is CCCCOC(=O)C1CC2(O)c3ccccc3C1(O)c1ccc(C)cc12. The fourth-order valence-electron chi connectivity index (χ4n) is 4.51. The first-order valence-corrected chi connectivity index (χ1v) is 9.26. The van der Waals surface area contributed by atoms with Gasteiger partial charge in [0.15, 0.2) is 0 Å². The predicted octanol–water partition coefficient (Wildman–Crippen LogP) is 3.14. The van der Waals surface area contributed by atoms with Gasteiger partial charge in [-0.05, 0) is 35.6 Å². The van der Waals surface area contributed by atoms with Crippen LogP contribution in [0.1, 0.15) is 54.0 Å². The Hall–Kier alpha value is -2.17. The van der Waals surface area contributed by atoms with Gasteiger partial charge in [0, 0.05) is 6.42 Å². The largest absolute Gasteiger partial charge is 0.465 e. The van der Waals surface area contributed by atoms with Crippen molar-refractivity contribution in [2.75, 3.05) is 6.61 Å². The summed E-state index contributed by atoms with van der Waals surface area (Å²) in [6.07, 6.45) is 1.84. The van der Waals surface area contributed by atoms with Gasteiger partial charge in [-0.15, -0.1) is 0 Å². The second-order valence-electron chi connectivity index (χ2n) is 7.50. The van der Waals surface area contributed by atoms with Crippen molar-refractivity contribution < 1.29 is 19.7 Å². The molecule has 0 amide bonds. The monoisotopic (exact) mass is 352 g/mol. The fourth-order valence-corrected chi connectivity index (χ4v) is 4.51. The molecule has 2 N–H and O–H groups in total. The zero-order chi connectivity index (χ0) is 18.5. The van der Waals surface area contributed by atoms with Gasteiger partial charge < -0.3 is 14.9 Å². The Labute approximate surface area is 153 Å². The van der Waals surface area contributed by atoms with E-state index < -0.39 is 23.1 Å². The number of carbonyl (C=O) groups excluding carboxylic acids is 1. The molecule has 2 aromatic carbocycles. The van der Waals surface area contributed by atoms with Crippen molar-refractivity contribution in [2.24, 2.45) is 5.92 Å². The second kappa shape index (κ2) is 5.93. The van der Waals surface area contributed by atoms with Crippen LogP contribution in [0.15, 0.2) is 42.5 Å². The lowest BCUT2D eigenvalue weighted by molar-refractivity contribution is -0.167. The van der Waals surface area contributed by atoms with Crippen LogP contribution in [0.2, 0.25) is 0 Å². The molecule has 3 aliphatic carbocycles. The third-order valence-corrected chi connectivity index (χ3v) is 5.85. The topological polar surface area (TPSA) is 66.8 Å². The Kier molecular flexibility index (Phi) is 3.94. The van der Waals surface area contributed by atoms with Crippen LogP contribution in [0, 0.1) is 12.8 Å². The Morgan fingerprint density at radius 3 is 2.54 bits per heavy atom. The summed E-state index contributed by atoms with van der Waals surface area (Å²) in [7, 11) is 0. The minimum atomic E-state index is -1.48. The summed E-state index contributed by atoms with van der Waals surface area (Å²) in [4.78, 5) is 12.8. The van der Waals surface area contributed by atoms with E-state index in [0.29, 0.717) is 28.9 Å². The van der Waals surface area contributed by atoms with Crippen LogP contribution >= 0.6 is 0 Å². The number of aryl methyl sites for hydroxylation is 1. The highest BCUT2D eigenvalue weighted by atomic mass is 16.5. The van der Waals surface area contributed by atoms with Crippen molar-refractivity contribution in [3.63, 3.8) is 0 Å². The summed E-state index contributed by atoms with van der Waals surface area (Å²) >= 11 is 0.